The summed E-state index contributed by atoms with van der Waals surface area (Å²) in [5.74, 6) is 0.234. The van der Waals surface area contributed by atoms with Crippen molar-refractivity contribution < 1.29 is 4.79 Å². The van der Waals surface area contributed by atoms with Gasteiger partial charge in [0.2, 0.25) is 0 Å². The van der Waals surface area contributed by atoms with Gasteiger partial charge in [-0.15, -0.1) is 0 Å². The fraction of sp³-hybridized carbons (Fsp3) is 0.471. The van der Waals surface area contributed by atoms with E-state index < -0.39 is 0 Å². The normalized spacial score (nSPS) is 12.5. The van der Waals surface area contributed by atoms with E-state index in [1.165, 1.54) is 0 Å². The molecule has 1 rings (SSSR count). The Balaban J connectivity index is 2.87. The van der Waals surface area contributed by atoms with Crippen LogP contribution in [0.4, 0.5) is 0 Å². The van der Waals surface area contributed by atoms with Crippen LogP contribution in [0.1, 0.15) is 47.0 Å². The van der Waals surface area contributed by atoms with Gasteiger partial charge < -0.3 is 0 Å². The van der Waals surface area contributed by atoms with Crippen molar-refractivity contribution in [2.45, 2.75) is 51.9 Å². The van der Waals surface area contributed by atoms with Crippen LogP contribution in [0.15, 0.2) is 46.2 Å². The van der Waals surface area contributed by atoms with Gasteiger partial charge >= 0.3 is 0 Å². The lowest BCUT2D eigenvalue weighted by molar-refractivity contribution is -0.121. The molecule has 0 radical (unpaired) electrons. The number of allylic oxidation sites excluding steroid dienone is 2. The first kappa shape index (κ1) is 16.0. The Morgan fingerprint density at radius 2 is 1.84 bits per heavy atom. The van der Waals surface area contributed by atoms with E-state index in [0.717, 1.165) is 29.1 Å². The van der Waals surface area contributed by atoms with E-state index in [9.17, 15) is 4.79 Å². The van der Waals surface area contributed by atoms with E-state index in [1.54, 1.807) is 11.8 Å². The van der Waals surface area contributed by atoms with Crippen molar-refractivity contribution in [3.05, 3.63) is 41.3 Å². The summed E-state index contributed by atoms with van der Waals surface area (Å²) in [5, 5.41) is 0. The fourth-order valence-corrected chi connectivity index (χ4v) is 2.75. The highest BCUT2D eigenvalue weighted by molar-refractivity contribution is 8.04. The van der Waals surface area contributed by atoms with Crippen LogP contribution in [-0.2, 0) is 4.79 Å². The number of hydrogen-bond donors (Lipinski definition) is 0. The van der Waals surface area contributed by atoms with Crippen LogP contribution in [0, 0.1) is 5.41 Å². The molecule has 0 fully saturated rings. The number of rotatable bonds is 6. The molecular weight excluding hydrogens is 252 g/mol. The van der Waals surface area contributed by atoms with Crippen LogP contribution in [0.2, 0.25) is 0 Å². The standard InChI is InChI=1S/C17H24OS/c1-5-6-8-13-15(16(18)17(2,3)4)19-14-11-9-7-10-12-14/h7,9-13H,5-6,8H2,1-4H3/b15-13-. The first-order valence-electron chi connectivity index (χ1n) is 6.93. The topological polar surface area (TPSA) is 17.1 Å². The van der Waals surface area contributed by atoms with Crippen LogP contribution >= 0.6 is 11.8 Å². The molecule has 104 valence electrons. The van der Waals surface area contributed by atoms with Gasteiger partial charge in [0.05, 0.1) is 4.91 Å². The molecule has 1 nitrogen and oxygen atoms in total. The fourth-order valence-electron chi connectivity index (χ4n) is 1.60. The smallest absolute Gasteiger partial charge is 0.174 e. The largest absolute Gasteiger partial charge is 0.293 e. The van der Waals surface area contributed by atoms with E-state index >= 15 is 0 Å². The minimum atomic E-state index is -0.320. The lowest BCUT2D eigenvalue weighted by Crippen LogP contribution is -2.20. The SMILES string of the molecule is CCCC/C=C(\Sc1ccccc1)C(=O)C(C)(C)C. The first-order valence-corrected chi connectivity index (χ1v) is 7.74. The van der Waals surface area contributed by atoms with Crippen molar-refractivity contribution in [3.8, 4) is 0 Å². The van der Waals surface area contributed by atoms with Crippen molar-refractivity contribution in [3.63, 3.8) is 0 Å². The van der Waals surface area contributed by atoms with Gasteiger partial charge in [-0.25, -0.2) is 0 Å². The molecule has 0 bridgehead atoms. The Morgan fingerprint density at radius 1 is 1.21 bits per heavy atom. The van der Waals surface area contributed by atoms with Crippen LogP contribution in [0.5, 0.6) is 0 Å². The van der Waals surface area contributed by atoms with Gasteiger partial charge in [0.1, 0.15) is 0 Å². The van der Waals surface area contributed by atoms with Crippen LogP contribution in [-0.4, -0.2) is 5.78 Å². The number of ketones is 1. The second kappa shape index (κ2) is 7.54. The molecular formula is C17H24OS. The minimum Gasteiger partial charge on any atom is -0.293 e. The molecule has 1 aromatic rings. The highest BCUT2D eigenvalue weighted by Crippen LogP contribution is 2.33. The summed E-state index contributed by atoms with van der Waals surface area (Å²) in [6, 6.07) is 10.1. The molecule has 0 aromatic heterocycles. The molecule has 0 saturated heterocycles. The Labute approximate surface area is 121 Å². The second-order valence-electron chi connectivity index (χ2n) is 5.70. The maximum Gasteiger partial charge on any atom is 0.174 e. The number of thioether (sulfide) groups is 1. The van der Waals surface area contributed by atoms with Gasteiger partial charge in [0.15, 0.2) is 5.78 Å². The predicted octanol–water partition coefficient (Wildman–Crippen LogP) is 5.47. The van der Waals surface area contributed by atoms with Gasteiger partial charge in [-0.05, 0) is 18.6 Å². The third kappa shape index (κ3) is 5.65. The van der Waals surface area contributed by atoms with Crippen molar-refractivity contribution >= 4 is 17.5 Å². The third-order valence-electron chi connectivity index (χ3n) is 2.76. The maximum atomic E-state index is 12.5. The van der Waals surface area contributed by atoms with Crippen molar-refractivity contribution in [1.29, 1.82) is 0 Å². The lowest BCUT2D eigenvalue weighted by atomic mass is 9.90. The zero-order valence-corrected chi connectivity index (χ0v) is 13.2. The molecule has 0 atom stereocenters. The molecule has 1 aromatic carbocycles. The highest BCUT2D eigenvalue weighted by Gasteiger charge is 2.25. The molecule has 0 unspecified atom stereocenters. The van der Waals surface area contributed by atoms with E-state index in [0.29, 0.717) is 0 Å². The highest BCUT2D eigenvalue weighted by atomic mass is 32.2. The zero-order valence-electron chi connectivity index (χ0n) is 12.4. The lowest BCUT2D eigenvalue weighted by Gasteiger charge is -2.18. The molecule has 0 heterocycles. The summed E-state index contributed by atoms with van der Waals surface area (Å²) in [5.41, 5.74) is -0.320. The number of Topliss-reactive ketones (excluding diaryl/α,β-unsaturated/α-hetero) is 1. The van der Waals surface area contributed by atoms with Gasteiger partial charge in [-0.2, -0.15) is 0 Å². The average Bonchev–Trinajstić information content (AvgIpc) is 2.37. The third-order valence-corrected chi connectivity index (χ3v) is 3.84. The summed E-state index contributed by atoms with van der Waals surface area (Å²) in [6.45, 7) is 8.11. The van der Waals surface area contributed by atoms with Gasteiger partial charge in [-0.1, -0.05) is 76.6 Å². The second-order valence-corrected chi connectivity index (χ2v) is 6.82. The number of benzene rings is 1. The summed E-state index contributed by atoms with van der Waals surface area (Å²) < 4.78 is 0. The average molecular weight is 276 g/mol. The number of hydrogen-bond acceptors (Lipinski definition) is 2. The number of carbonyl (C=O) groups is 1. The van der Waals surface area contributed by atoms with Crippen molar-refractivity contribution in [2.75, 3.05) is 0 Å². The molecule has 0 saturated carbocycles. The van der Waals surface area contributed by atoms with Gasteiger partial charge in [0.25, 0.3) is 0 Å². The van der Waals surface area contributed by atoms with Crippen LogP contribution in [0.25, 0.3) is 0 Å². The predicted molar refractivity (Wildman–Crippen MR) is 84.4 cm³/mol. The Kier molecular flexibility index (Phi) is 6.36. The molecule has 0 amide bonds. The van der Waals surface area contributed by atoms with Crippen molar-refractivity contribution in [2.24, 2.45) is 5.41 Å². The minimum absolute atomic E-state index is 0.234. The number of carbonyl (C=O) groups excluding carboxylic acids is 1. The molecule has 0 N–H and O–H groups in total. The molecule has 19 heavy (non-hydrogen) atoms. The molecule has 0 aliphatic heterocycles. The van der Waals surface area contributed by atoms with E-state index in [1.807, 2.05) is 51.1 Å². The van der Waals surface area contributed by atoms with Crippen molar-refractivity contribution in [1.82, 2.24) is 0 Å². The summed E-state index contributed by atoms with van der Waals surface area (Å²) in [6.07, 6.45) is 5.38. The quantitative estimate of drug-likeness (QED) is 0.389. The molecule has 0 aliphatic rings. The van der Waals surface area contributed by atoms with Crippen LogP contribution < -0.4 is 0 Å². The van der Waals surface area contributed by atoms with Gasteiger partial charge in [0, 0.05) is 10.3 Å². The summed E-state index contributed by atoms with van der Waals surface area (Å²) in [7, 11) is 0. The Bertz CT molecular complexity index is 426. The monoisotopic (exact) mass is 276 g/mol. The maximum absolute atomic E-state index is 12.5. The summed E-state index contributed by atoms with van der Waals surface area (Å²) >= 11 is 1.59. The number of unbranched alkanes of at least 4 members (excludes halogenated alkanes) is 2. The van der Waals surface area contributed by atoms with E-state index in [2.05, 4.69) is 13.0 Å². The molecule has 0 aliphatic carbocycles. The summed E-state index contributed by atoms with van der Waals surface area (Å²) in [4.78, 5) is 14.5. The van der Waals surface area contributed by atoms with E-state index in [4.69, 9.17) is 0 Å². The molecule has 2 heteroatoms. The first-order chi connectivity index (χ1) is 8.95. The molecule has 0 spiro atoms. The van der Waals surface area contributed by atoms with Gasteiger partial charge in [-0.3, -0.25) is 4.79 Å². The Hall–Kier alpha value is -1.02. The zero-order chi connectivity index (χ0) is 14.3. The Morgan fingerprint density at radius 3 is 2.37 bits per heavy atom. The van der Waals surface area contributed by atoms with Crippen LogP contribution in [0.3, 0.4) is 0 Å². The van der Waals surface area contributed by atoms with E-state index in [-0.39, 0.29) is 11.2 Å².